The largest absolute Gasteiger partial charge is 0.493 e. The summed E-state index contributed by atoms with van der Waals surface area (Å²) in [7, 11) is 4.75. The van der Waals surface area contributed by atoms with Gasteiger partial charge in [0.1, 0.15) is 0 Å². The van der Waals surface area contributed by atoms with Gasteiger partial charge in [0.25, 0.3) is 0 Å². The molecule has 0 bridgehead atoms. The van der Waals surface area contributed by atoms with E-state index in [1.54, 1.807) is 44.4 Å². The molecule has 0 atom stereocenters. The molecule has 1 fully saturated rings. The molecule has 0 spiro atoms. The number of carbonyl (C=O) groups excluding carboxylic acids is 1. The molecule has 1 aliphatic rings. The van der Waals surface area contributed by atoms with Crippen molar-refractivity contribution < 1.29 is 19.0 Å². The van der Waals surface area contributed by atoms with Gasteiger partial charge in [0.2, 0.25) is 5.75 Å². The number of carbonyl (C=O) groups is 1. The lowest BCUT2D eigenvalue weighted by Crippen LogP contribution is -2.50. The number of piperazine rings is 1. The maximum absolute atomic E-state index is 12.6. The molecular formula is C20H23Cl2N3O4. The molecule has 0 aromatic heterocycles. The van der Waals surface area contributed by atoms with Gasteiger partial charge in [-0.1, -0.05) is 23.2 Å². The zero-order valence-electron chi connectivity index (χ0n) is 16.5. The number of rotatable bonds is 5. The van der Waals surface area contributed by atoms with Crippen LogP contribution in [0.3, 0.4) is 0 Å². The van der Waals surface area contributed by atoms with Crippen LogP contribution in [0, 0.1) is 0 Å². The second-order valence-electron chi connectivity index (χ2n) is 6.41. The zero-order valence-corrected chi connectivity index (χ0v) is 18.0. The van der Waals surface area contributed by atoms with E-state index in [0.29, 0.717) is 59.2 Å². The van der Waals surface area contributed by atoms with Gasteiger partial charge in [-0.25, -0.2) is 4.79 Å². The van der Waals surface area contributed by atoms with E-state index in [1.807, 2.05) is 12.1 Å². The van der Waals surface area contributed by atoms with E-state index in [1.165, 1.54) is 0 Å². The van der Waals surface area contributed by atoms with Crippen LogP contribution in [0.4, 0.5) is 16.2 Å². The second kappa shape index (κ2) is 9.33. The molecule has 0 unspecified atom stereocenters. The van der Waals surface area contributed by atoms with Gasteiger partial charge in [0, 0.05) is 49.0 Å². The summed E-state index contributed by atoms with van der Waals surface area (Å²) in [5, 5.41) is 3.76. The highest BCUT2D eigenvalue weighted by Gasteiger charge is 2.24. The quantitative estimate of drug-likeness (QED) is 0.748. The maximum Gasteiger partial charge on any atom is 0.322 e. The van der Waals surface area contributed by atoms with Crippen LogP contribution in [0.15, 0.2) is 30.3 Å². The van der Waals surface area contributed by atoms with Crippen LogP contribution < -0.4 is 24.4 Å². The number of halogens is 2. The minimum atomic E-state index is -0.196. The molecule has 9 heteroatoms. The number of urea groups is 1. The zero-order chi connectivity index (χ0) is 21.0. The highest BCUT2D eigenvalue weighted by molar-refractivity contribution is 6.36. The van der Waals surface area contributed by atoms with E-state index in [0.717, 1.165) is 5.69 Å². The first-order chi connectivity index (χ1) is 14.0. The Hall–Kier alpha value is -2.51. The van der Waals surface area contributed by atoms with Gasteiger partial charge in [0.05, 0.1) is 32.0 Å². The molecule has 2 aromatic carbocycles. The molecule has 2 amide bonds. The topological polar surface area (TPSA) is 63.3 Å². The monoisotopic (exact) mass is 439 g/mol. The Balaban J connectivity index is 1.66. The molecule has 156 valence electrons. The van der Waals surface area contributed by atoms with Crippen LogP contribution in [0.5, 0.6) is 17.2 Å². The summed E-state index contributed by atoms with van der Waals surface area (Å²) < 4.78 is 16.2. The Morgan fingerprint density at radius 2 is 1.55 bits per heavy atom. The molecule has 29 heavy (non-hydrogen) atoms. The number of ether oxygens (including phenoxy) is 3. The van der Waals surface area contributed by atoms with Gasteiger partial charge in [-0.05, 0) is 18.2 Å². The van der Waals surface area contributed by atoms with Gasteiger partial charge in [-0.3, -0.25) is 0 Å². The number of anilines is 2. The van der Waals surface area contributed by atoms with Crippen molar-refractivity contribution in [1.29, 1.82) is 0 Å². The molecule has 1 saturated heterocycles. The number of nitrogens with zero attached hydrogens (tertiary/aromatic N) is 2. The van der Waals surface area contributed by atoms with E-state index < -0.39 is 0 Å². The van der Waals surface area contributed by atoms with E-state index in [2.05, 4.69) is 10.2 Å². The summed E-state index contributed by atoms with van der Waals surface area (Å²) in [4.78, 5) is 16.5. The van der Waals surface area contributed by atoms with Crippen LogP contribution in [-0.4, -0.2) is 58.4 Å². The van der Waals surface area contributed by atoms with Crippen LogP contribution >= 0.6 is 23.2 Å². The molecule has 0 radical (unpaired) electrons. The number of hydrogen-bond donors (Lipinski definition) is 1. The first kappa shape index (κ1) is 21.2. The predicted octanol–water partition coefficient (Wildman–Crippen LogP) is 4.37. The summed E-state index contributed by atoms with van der Waals surface area (Å²) >= 11 is 12.0. The van der Waals surface area contributed by atoms with Gasteiger partial charge >= 0.3 is 6.03 Å². The Bertz CT molecular complexity index is 861. The number of nitrogens with one attached hydrogen (secondary N) is 1. The predicted molar refractivity (Wildman–Crippen MR) is 115 cm³/mol. The molecule has 1 aliphatic heterocycles. The fraction of sp³-hybridized carbons (Fsp3) is 0.350. The van der Waals surface area contributed by atoms with Crippen molar-refractivity contribution >= 4 is 40.6 Å². The molecule has 7 nitrogen and oxygen atoms in total. The summed E-state index contributed by atoms with van der Waals surface area (Å²) in [5.74, 6) is 1.75. The van der Waals surface area contributed by atoms with Crippen molar-refractivity contribution in [1.82, 2.24) is 4.90 Å². The summed E-state index contributed by atoms with van der Waals surface area (Å²) in [6.45, 7) is 2.46. The van der Waals surface area contributed by atoms with Crippen molar-refractivity contribution in [3.05, 3.63) is 40.4 Å². The standard InChI is InChI=1S/C20H23Cl2N3O4/c1-27-17-11-14(12-18(28-2)19(17)29-3)24-6-8-25(9-7-24)20(26)23-16-5-4-13(21)10-15(16)22/h4-5,10-12H,6-9H2,1-3H3,(H,23,26). The molecule has 0 saturated carbocycles. The van der Waals surface area contributed by atoms with Crippen LogP contribution in [0.25, 0.3) is 0 Å². The average Bonchev–Trinajstić information content (AvgIpc) is 2.74. The molecule has 1 N–H and O–H groups in total. The number of benzene rings is 2. The smallest absolute Gasteiger partial charge is 0.322 e. The van der Waals surface area contributed by atoms with Crippen molar-refractivity contribution in [2.75, 3.05) is 57.7 Å². The summed E-state index contributed by atoms with van der Waals surface area (Å²) in [6.07, 6.45) is 0. The Kier molecular flexibility index (Phi) is 6.82. The Morgan fingerprint density at radius 1 is 0.931 bits per heavy atom. The van der Waals surface area contributed by atoms with Crippen LogP contribution in [-0.2, 0) is 0 Å². The lowest BCUT2D eigenvalue weighted by Gasteiger charge is -2.36. The molecule has 3 rings (SSSR count). The third-order valence-electron chi connectivity index (χ3n) is 4.75. The third kappa shape index (κ3) is 4.74. The van der Waals surface area contributed by atoms with Gasteiger partial charge < -0.3 is 29.3 Å². The minimum absolute atomic E-state index is 0.196. The minimum Gasteiger partial charge on any atom is -0.493 e. The average molecular weight is 440 g/mol. The molecule has 1 heterocycles. The highest BCUT2D eigenvalue weighted by atomic mass is 35.5. The van der Waals surface area contributed by atoms with E-state index in [4.69, 9.17) is 37.4 Å². The molecule has 0 aliphatic carbocycles. The number of hydrogen-bond acceptors (Lipinski definition) is 5. The van der Waals surface area contributed by atoms with Crippen LogP contribution in [0.2, 0.25) is 10.0 Å². The van der Waals surface area contributed by atoms with E-state index in [-0.39, 0.29) is 6.03 Å². The van der Waals surface area contributed by atoms with E-state index >= 15 is 0 Å². The third-order valence-corrected chi connectivity index (χ3v) is 5.30. The molecule has 2 aromatic rings. The van der Waals surface area contributed by atoms with Crippen LogP contribution in [0.1, 0.15) is 0 Å². The van der Waals surface area contributed by atoms with Crippen molar-refractivity contribution in [3.8, 4) is 17.2 Å². The van der Waals surface area contributed by atoms with Crippen molar-refractivity contribution in [2.45, 2.75) is 0 Å². The normalized spacial score (nSPS) is 13.8. The Morgan fingerprint density at radius 3 is 2.07 bits per heavy atom. The summed E-state index contributed by atoms with van der Waals surface area (Å²) in [6, 6.07) is 8.59. The first-order valence-electron chi connectivity index (χ1n) is 9.02. The van der Waals surface area contributed by atoms with Crippen molar-refractivity contribution in [2.24, 2.45) is 0 Å². The fourth-order valence-corrected chi connectivity index (χ4v) is 3.66. The summed E-state index contributed by atoms with van der Waals surface area (Å²) in [5.41, 5.74) is 1.48. The van der Waals surface area contributed by atoms with Crippen molar-refractivity contribution in [3.63, 3.8) is 0 Å². The fourth-order valence-electron chi connectivity index (χ4n) is 3.20. The maximum atomic E-state index is 12.6. The lowest BCUT2D eigenvalue weighted by molar-refractivity contribution is 0.208. The van der Waals surface area contributed by atoms with Gasteiger partial charge in [0.15, 0.2) is 11.5 Å². The van der Waals surface area contributed by atoms with Gasteiger partial charge in [-0.2, -0.15) is 0 Å². The Labute approximate surface area is 180 Å². The SMILES string of the molecule is COc1cc(N2CCN(C(=O)Nc3ccc(Cl)cc3Cl)CC2)cc(OC)c1OC. The second-order valence-corrected chi connectivity index (χ2v) is 7.26. The lowest BCUT2D eigenvalue weighted by atomic mass is 10.2. The molecular weight excluding hydrogens is 417 g/mol. The highest BCUT2D eigenvalue weighted by Crippen LogP contribution is 2.41. The number of methoxy groups -OCH3 is 3. The van der Waals surface area contributed by atoms with E-state index in [9.17, 15) is 4.79 Å². The first-order valence-corrected chi connectivity index (χ1v) is 9.78. The number of amides is 2. The van der Waals surface area contributed by atoms with Gasteiger partial charge in [-0.15, -0.1) is 0 Å².